The van der Waals surface area contributed by atoms with E-state index in [9.17, 15) is 4.39 Å². The molecule has 1 rings (SSSR count). The molecule has 0 bridgehead atoms. The standard InChI is InChI=1S/C10H14FNO2S/c1-14-9-6-10(15-4-2-3-13)8(12)5-7(9)11/h5-6,13H,2-4,12H2,1H3. The van der Waals surface area contributed by atoms with E-state index in [4.69, 9.17) is 15.6 Å². The third-order valence-electron chi connectivity index (χ3n) is 1.84. The summed E-state index contributed by atoms with van der Waals surface area (Å²) in [6, 6.07) is 2.83. The lowest BCUT2D eigenvalue weighted by molar-refractivity contribution is 0.296. The maximum absolute atomic E-state index is 13.2. The van der Waals surface area contributed by atoms with Gasteiger partial charge in [0, 0.05) is 29.0 Å². The highest BCUT2D eigenvalue weighted by molar-refractivity contribution is 7.99. The Morgan fingerprint density at radius 1 is 1.53 bits per heavy atom. The number of halogens is 1. The molecule has 0 fully saturated rings. The molecule has 3 nitrogen and oxygen atoms in total. The van der Waals surface area contributed by atoms with Gasteiger partial charge in [-0.2, -0.15) is 0 Å². The van der Waals surface area contributed by atoms with Gasteiger partial charge in [-0.25, -0.2) is 4.39 Å². The Balaban J connectivity index is 2.78. The van der Waals surface area contributed by atoms with Gasteiger partial charge in [-0.1, -0.05) is 0 Å². The van der Waals surface area contributed by atoms with E-state index in [0.29, 0.717) is 12.1 Å². The van der Waals surface area contributed by atoms with E-state index in [1.165, 1.54) is 24.9 Å². The summed E-state index contributed by atoms with van der Waals surface area (Å²) in [6.45, 7) is 0.144. The summed E-state index contributed by atoms with van der Waals surface area (Å²) < 4.78 is 18.0. The number of nitrogens with two attached hydrogens (primary N) is 1. The highest BCUT2D eigenvalue weighted by Crippen LogP contribution is 2.31. The number of thioether (sulfide) groups is 1. The summed E-state index contributed by atoms with van der Waals surface area (Å²) >= 11 is 1.48. The number of aliphatic hydroxyl groups is 1. The molecular weight excluding hydrogens is 217 g/mol. The molecule has 0 saturated heterocycles. The highest BCUT2D eigenvalue weighted by atomic mass is 32.2. The van der Waals surface area contributed by atoms with Crippen LogP contribution in [0.25, 0.3) is 0 Å². The van der Waals surface area contributed by atoms with Gasteiger partial charge in [0.25, 0.3) is 0 Å². The van der Waals surface area contributed by atoms with Crippen molar-refractivity contribution in [3.63, 3.8) is 0 Å². The highest BCUT2D eigenvalue weighted by Gasteiger charge is 2.08. The van der Waals surface area contributed by atoms with E-state index in [2.05, 4.69) is 0 Å². The average molecular weight is 231 g/mol. The van der Waals surface area contributed by atoms with Crippen LogP contribution in [0, 0.1) is 5.82 Å². The van der Waals surface area contributed by atoms with Crippen molar-refractivity contribution in [2.24, 2.45) is 0 Å². The zero-order chi connectivity index (χ0) is 11.3. The van der Waals surface area contributed by atoms with Gasteiger partial charge in [-0.3, -0.25) is 0 Å². The molecule has 0 amide bonds. The van der Waals surface area contributed by atoms with E-state index >= 15 is 0 Å². The number of ether oxygens (including phenoxy) is 1. The summed E-state index contributed by atoms with van der Waals surface area (Å²) in [6.07, 6.45) is 0.684. The maximum atomic E-state index is 13.2. The molecule has 0 radical (unpaired) electrons. The normalized spacial score (nSPS) is 10.3. The number of nitrogen functional groups attached to an aromatic ring is 1. The smallest absolute Gasteiger partial charge is 0.167 e. The van der Waals surface area contributed by atoms with Crippen LogP contribution in [0.3, 0.4) is 0 Å². The molecular formula is C10H14FNO2S. The van der Waals surface area contributed by atoms with Crippen LogP contribution in [0.2, 0.25) is 0 Å². The lowest BCUT2D eigenvalue weighted by Gasteiger charge is -2.08. The van der Waals surface area contributed by atoms with Crippen molar-refractivity contribution in [2.45, 2.75) is 11.3 Å². The van der Waals surface area contributed by atoms with Crippen molar-refractivity contribution in [3.05, 3.63) is 17.9 Å². The minimum Gasteiger partial charge on any atom is -0.494 e. The van der Waals surface area contributed by atoms with Gasteiger partial charge in [-0.15, -0.1) is 11.8 Å². The van der Waals surface area contributed by atoms with Crippen LogP contribution in [0.1, 0.15) is 6.42 Å². The minimum absolute atomic E-state index is 0.144. The molecule has 1 aromatic rings. The molecule has 0 heterocycles. The lowest BCUT2D eigenvalue weighted by Crippen LogP contribution is -1.95. The van der Waals surface area contributed by atoms with Crippen molar-refractivity contribution in [3.8, 4) is 5.75 Å². The molecule has 5 heteroatoms. The number of aliphatic hydroxyl groups excluding tert-OH is 1. The number of anilines is 1. The van der Waals surface area contributed by atoms with Gasteiger partial charge in [0.2, 0.25) is 0 Å². The Labute approximate surface area is 92.4 Å². The second-order valence-corrected chi connectivity index (χ2v) is 4.09. The lowest BCUT2D eigenvalue weighted by atomic mass is 10.3. The summed E-state index contributed by atoms with van der Waals surface area (Å²) in [7, 11) is 1.41. The molecule has 84 valence electrons. The molecule has 0 saturated carbocycles. The van der Waals surface area contributed by atoms with E-state index in [-0.39, 0.29) is 12.4 Å². The molecule has 1 aromatic carbocycles. The fraction of sp³-hybridized carbons (Fsp3) is 0.400. The van der Waals surface area contributed by atoms with E-state index < -0.39 is 5.82 Å². The molecule has 0 atom stereocenters. The number of rotatable bonds is 5. The van der Waals surface area contributed by atoms with Gasteiger partial charge in [0.15, 0.2) is 11.6 Å². The van der Waals surface area contributed by atoms with Gasteiger partial charge in [0.1, 0.15) is 0 Å². The molecule has 3 N–H and O–H groups in total. The summed E-state index contributed by atoms with van der Waals surface area (Å²) in [4.78, 5) is 0.779. The van der Waals surface area contributed by atoms with Crippen LogP contribution in [-0.2, 0) is 0 Å². The zero-order valence-electron chi connectivity index (χ0n) is 8.50. The average Bonchev–Trinajstić information content (AvgIpc) is 2.21. The van der Waals surface area contributed by atoms with Crippen molar-refractivity contribution >= 4 is 17.4 Å². The molecule has 0 aliphatic carbocycles. The Hall–Kier alpha value is -0.940. The van der Waals surface area contributed by atoms with Gasteiger partial charge >= 0.3 is 0 Å². The Morgan fingerprint density at radius 3 is 2.87 bits per heavy atom. The first-order valence-electron chi connectivity index (χ1n) is 4.55. The quantitative estimate of drug-likeness (QED) is 0.461. The first-order chi connectivity index (χ1) is 7.19. The molecule has 0 aliphatic heterocycles. The number of hydrogen-bond donors (Lipinski definition) is 2. The second kappa shape index (κ2) is 5.82. The first-order valence-corrected chi connectivity index (χ1v) is 5.54. The summed E-state index contributed by atoms with van der Waals surface area (Å²) in [5.41, 5.74) is 6.05. The fourth-order valence-electron chi connectivity index (χ4n) is 1.08. The molecule has 15 heavy (non-hydrogen) atoms. The minimum atomic E-state index is -0.457. The van der Waals surface area contributed by atoms with Crippen LogP contribution >= 0.6 is 11.8 Å². The summed E-state index contributed by atoms with van der Waals surface area (Å²) in [5, 5.41) is 8.63. The van der Waals surface area contributed by atoms with E-state index in [1.54, 1.807) is 6.07 Å². The monoisotopic (exact) mass is 231 g/mol. The maximum Gasteiger partial charge on any atom is 0.167 e. The van der Waals surface area contributed by atoms with Crippen molar-refractivity contribution < 1.29 is 14.2 Å². The third-order valence-corrected chi connectivity index (χ3v) is 3.00. The second-order valence-electron chi connectivity index (χ2n) is 2.95. The first kappa shape index (κ1) is 12.1. The van der Waals surface area contributed by atoms with Crippen molar-refractivity contribution in [1.29, 1.82) is 0 Å². The topological polar surface area (TPSA) is 55.5 Å². The molecule has 0 aliphatic rings. The largest absolute Gasteiger partial charge is 0.494 e. The summed E-state index contributed by atoms with van der Waals surface area (Å²) in [5.74, 6) is 0.479. The Bertz CT molecular complexity index is 333. The zero-order valence-corrected chi connectivity index (χ0v) is 9.31. The SMILES string of the molecule is COc1cc(SCCCO)c(N)cc1F. The predicted molar refractivity (Wildman–Crippen MR) is 59.8 cm³/mol. The number of hydrogen-bond acceptors (Lipinski definition) is 4. The fourth-order valence-corrected chi connectivity index (χ4v) is 1.99. The third kappa shape index (κ3) is 3.28. The van der Waals surface area contributed by atoms with Crippen LogP contribution < -0.4 is 10.5 Å². The molecule has 0 unspecified atom stereocenters. The van der Waals surface area contributed by atoms with Crippen LogP contribution in [-0.4, -0.2) is 24.6 Å². The van der Waals surface area contributed by atoms with Crippen molar-refractivity contribution in [2.75, 3.05) is 25.2 Å². The van der Waals surface area contributed by atoms with Gasteiger partial charge in [0.05, 0.1) is 7.11 Å². The Kier molecular flexibility index (Phi) is 4.71. The molecule has 0 aromatic heterocycles. The van der Waals surface area contributed by atoms with E-state index in [0.717, 1.165) is 10.6 Å². The van der Waals surface area contributed by atoms with Crippen LogP contribution in [0.4, 0.5) is 10.1 Å². The van der Waals surface area contributed by atoms with E-state index in [1.807, 2.05) is 0 Å². The Morgan fingerprint density at radius 2 is 2.27 bits per heavy atom. The predicted octanol–water partition coefficient (Wildman–Crippen LogP) is 1.89. The van der Waals surface area contributed by atoms with Crippen LogP contribution in [0.15, 0.2) is 17.0 Å². The van der Waals surface area contributed by atoms with Gasteiger partial charge < -0.3 is 15.6 Å². The number of methoxy groups -OCH3 is 1. The van der Waals surface area contributed by atoms with Crippen LogP contribution in [0.5, 0.6) is 5.75 Å². The van der Waals surface area contributed by atoms with Crippen molar-refractivity contribution in [1.82, 2.24) is 0 Å². The number of benzene rings is 1. The van der Waals surface area contributed by atoms with Gasteiger partial charge in [-0.05, 0) is 12.5 Å². The molecule has 0 spiro atoms.